The van der Waals surface area contributed by atoms with Crippen molar-refractivity contribution in [3.8, 4) is 0 Å². The normalized spacial score (nSPS) is 15.4. The van der Waals surface area contributed by atoms with E-state index >= 15 is 0 Å². The SMILES string of the molecule is CCCNC(=O)CNC(=NC)N1CCC(CN(CC)C(=O)OC(C)(C)C)CC1.I. The highest BCUT2D eigenvalue weighted by molar-refractivity contribution is 14.0. The number of hydrogen-bond acceptors (Lipinski definition) is 4. The highest BCUT2D eigenvalue weighted by Crippen LogP contribution is 2.20. The molecule has 0 spiro atoms. The summed E-state index contributed by atoms with van der Waals surface area (Å²) in [5.74, 6) is 1.17. The van der Waals surface area contributed by atoms with E-state index in [4.69, 9.17) is 4.74 Å². The summed E-state index contributed by atoms with van der Waals surface area (Å²) >= 11 is 0. The maximum Gasteiger partial charge on any atom is 0.410 e. The molecule has 0 aromatic rings. The van der Waals surface area contributed by atoms with Crippen LogP contribution < -0.4 is 10.6 Å². The molecule has 1 fully saturated rings. The van der Waals surface area contributed by atoms with Gasteiger partial charge in [0, 0.05) is 39.8 Å². The molecule has 2 N–H and O–H groups in total. The van der Waals surface area contributed by atoms with E-state index in [2.05, 4.69) is 20.5 Å². The topological polar surface area (TPSA) is 86.3 Å². The zero-order valence-electron chi connectivity index (χ0n) is 18.9. The first kappa shape index (κ1) is 27.7. The molecular weight excluding hydrogens is 485 g/mol. The number of ether oxygens (including phenoxy) is 1. The molecule has 0 atom stereocenters. The summed E-state index contributed by atoms with van der Waals surface area (Å²) in [5, 5.41) is 5.99. The molecule has 2 amide bonds. The lowest BCUT2D eigenvalue weighted by Gasteiger charge is -2.36. The van der Waals surface area contributed by atoms with Gasteiger partial charge < -0.3 is 25.2 Å². The number of rotatable bonds is 7. The number of nitrogens with one attached hydrogen (secondary N) is 2. The number of piperidine rings is 1. The smallest absolute Gasteiger partial charge is 0.410 e. The lowest BCUT2D eigenvalue weighted by Crippen LogP contribution is -2.49. The Balaban J connectivity index is 0.00000784. The van der Waals surface area contributed by atoms with Gasteiger partial charge in [-0.1, -0.05) is 6.92 Å². The summed E-state index contributed by atoms with van der Waals surface area (Å²) in [6.07, 6.45) is 2.63. The van der Waals surface area contributed by atoms with E-state index in [1.165, 1.54) is 0 Å². The average Bonchev–Trinajstić information content (AvgIpc) is 2.64. The molecule has 8 nitrogen and oxygen atoms in total. The molecule has 0 aromatic carbocycles. The number of halogens is 1. The van der Waals surface area contributed by atoms with Gasteiger partial charge in [-0.3, -0.25) is 9.79 Å². The lowest BCUT2D eigenvalue weighted by molar-refractivity contribution is -0.120. The van der Waals surface area contributed by atoms with Crippen molar-refractivity contribution in [2.45, 2.75) is 59.5 Å². The molecule has 0 bridgehead atoms. The zero-order valence-corrected chi connectivity index (χ0v) is 21.2. The summed E-state index contributed by atoms with van der Waals surface area (Å²) in [4.78, 5) is 32.4. The van der Waals surface area contributed by atoms with E-state index in [0.717, 1.165) is 38.3 Å². The maximum atomic E-state index is 12.3. The third kappa shape index (κ3) is 10.9. The van der Waals surface area contributed by atoms with Gasteiger partial charge in [0.2, 0.25) is 5.91 Å². The Bertz CT molecular complexity index is 529. The number of guanidine groups is 1. The summed E-state index contributed by atoms with van der Waals surface area (Å²) in [6.45, 7) is 13.7. The molecule has 170 valence electrons. The Morgan fingerprint density at radius 3 is 2.28 bits per heavy atom. The minimum Gasteiger partial charge on any atom is -0.444 e. The van der Waals surface area contributed by atoms with Gasteiger partial charge >= 0.3 is 6.09 Å². The Hall–Kier alpha value is -1.26. The Labute approximate surface area is 193 Å². The van der Waals surface area contributed by atoms with Crippen LogP contribution in [0.15, 0.2) is 4.99 Å². The molecule has 0 aromatic heterocycles. The molecule has 1 rings (SSSR count). The minimum absolute atomic E-state index is 0. The van der Waals surface area contributed by atoms with E-state index in [-0.39, 0.29) is 42.5 Å². The molecule has 0 radical (unpaired) electrons. The van der Waals surface area contributed by atoms with Crippen LogP contribution in [-0.4, -0.2) is 79.7 Å². The van der Waals surface area contributed by atoms with E-state index in [1.54, 1.807) is 11.9 Å². The van der Waals surface area contributed by atoms with Gasteiger partial charge in [-0.15, -0.1) is 24.0 Å². The molecule has 0 aliphatic carbocycles. The number of likely N-dealkylation sites (tertiary alicyclic amines) is 1. The largest absolute Gasteiger partial charge is 0.444 e. The fourth-order valence-electron chi connectivity index (χ4n) is 3.12. The minimum atomic E-state index is -0.477. The molecular formula is C20H40IN5O3. The van der Waals surface area contributed by atoms with Gasteiger partial charge in [0.25, 0.3) is 0 Å². The number of amides is 2. The molecule has 29 heavy (non-hydrogen) atoms. The third-order valence-corrected chi connectivity index (χ3v) is 4.62. The van der Waals surface area contributed by atoms with Crippen molar-refractivity contribution in [2.24, 2.45) is 10.9 Å². The van der Waals surface area contributed by atoms with Crippen LogP contribution in [0.5, 0.6) is 0 Å². The first-order chi connectivity index (χ1) is 13.2. The molecule has 1 aliphatic rings. The van der Waals surface area contributed by atoms with Gasteiger partial charge in [-0.25, -0.2) is 4.79 Å². The van der Waals surface area contributed by atoms with Crippen LogP contribution in [-0.2, 0) is 9.53 Å². The van der Waals surface area contributed by atoms with Crippen molar-refractivity contribution in [2.75, 3.05) is 46.3 Å². The quantitative estimate of drug-likeness (QED) is 0.303. The van der Waals surface area contributed by atoms with Gasteiger partial charge in [0.05, 0.1) is 6.54 Å². The fourth-order valence-corrected chi connectivity index (χ4v) is 3.12. The number of nitrogens with zero attached hydrogens (tertiary/aromatic N) is 3. The first-order valence-electron chi connectivity index (χ1n) is 10.4. The van der Waals surface area contributed by atoms with E-state index < -0.39 is 5.60 Å². The molecule has 0 saturated carbocycles. The molecule has 1 aliphatic heterocycles. The maximum absolute atomic E-state index is 12.3. The van der Waals surface area contributed by atoms with Crippen molar-refractivity contribution < 1.29 is 14.3 Å². The van der Waals surface area contributed by atoms with Crippen LogP contribution in [0.25, 0.3) is 0 Å². The zero-order chi connectivity index (χ0) is 21.2. The van der Waals surface area contributed by atoms with Crippen LogP contribution in [0.4, 0.5) is 4.79 Å². The summed E-state index contributed by atoms with van der Waals surface area (Å²) in [5.41, 5.74) is -0.477. The second kappa shape index (κ2) is 13.9. The number of aliphatic imine (C=N–C) groups is 1. The average molecular weight is 525 g/mol. The lowest BCUT2D eigenvalue weighted by atomic mass is 9.96. The van der Waals surface area contributed by atoms with Crippen LogP contribution >= 0.6 is 24.0 Å². The number of carbonyl (C=O) groups is 2. The molecule has 9 heteroatoms. The second-order valence-electron chi connectivity index (χ2n) is 8.20. The number of hydrogen-bond donors (Lipinski definition) is 2. The van der Waals surface area contributed by atoms with Crippen LogP contribution in [0, 0.1) is 5.92 Å². The predicted octanol–water partition coefficient (Wildman–Crippen LogP) is 2.68. The van der Waals surface area contributed by atoms with Crippen LogP contribution in [0.2, 0.25) is 0 Å². The van der Waals surface area contributed by atoms with Crippen molar-refractivity contribution in [1.29, 1.82) is 0 Å². The van der Waals surface area contributed by atoms with Gasteiger partial charge in [0.15, 0.2) is 5.96 Å². The standard InChI is InChI=1S/C20H39N5O3.HI/c1-7-11-22-17(26)14-23-18(21-6)25-12-9-16(10-13-25)15-24(8-2)19(27)28-20(3,4)5;/h16H,7-15H2,1-6H3,(H,21,23)(H,22,26);1H. The van der Waals surface area contributed by atoms with E-state index in [9.17, 15) is 9.59 Å². The number of carbonyl (C=O) groups excluding carboxylic acids is 2. The molecule has 1 heterocycles. The van der Waals surface area contributed by atoms with E-state index in [1.807, 2.05) is 34.6 Å². The summed E-state index contributed by atoms with van der Waals surface area (Å²) in [7, 11) is 1.74. The Morgan fingerprint density at radius 2 is 1.79 bits per heavy atom. The summed E-state index contributed by atoms with van der Waals surface area (Å²) in [6, 6.07) is 0. The van der Waals surface area contributed by atoms with Gasteiger partial charge in [-0.2, -0.15) is 0 Å². The molecule has 0 unspecified atom stereocenters. The van der Waals surface area contributed by atoms with Gasteiger partial charge in [-0.05, 0) is 52.9 Å². The first-order valence-corrected chi connectivity index (χ1v) is 10.4. The highest BCUT2D eigenvalue weighted by Gasteiger charge is 2.27. The van der Waals surface area contributed by atoms with Crippen molar-refractivity contribution >= 4 is 41.9 Å². The van der Waals surface area contributed by atoms with Gasteiger partial charge in [0.1, 0.15) is 5.60 Å². The second-order valence-corrected chi connectivity index (χ2v) is 8.20. The van der Waals surface area contributed by atoms with E-state index in [0.29, 0.717) is 25.6 Å². The van der Waals surface area contributed by atoms with Crippen molar-refractivity contribution in [3.63, 3.8) is 0 Å². The van der Waals surface area contributed by atoms with Crippen molar-refractivity contribution in [3.05, 3.63) is 0 Å². The predicted molar refractivity (Wildman–Crippen MR) is 128 cm³/mol. The van der Waals surface area contributed by atoms with Crippen LogP contribution in [0.3, 0.4) is 0 Å². The van der Waals surface area contributed by atoms with Crippen molar-refractivity contribution in [1.82, 2.24) is 20.4 Å². The monoisotopic (exact) mass is 525 g/mol. The Kier molecular flexibility index (Phi) is 13.3. The summed E-state index contributed by atoms with van der Waals surface area (Å²) < 4.78 is 5.50. The Morgan fingerprint density at radius 1 is 1.17 bits per heavy atom. The highest BCUT2D eigenvalue weighted by atomic mass is 127. The molecule has 1 saturated heterocycles. The van der Waals surface area contributed by atoms with Crippen LogP contribution in [0.1, 0.15) is 53.9 Å². The third-order valence-electron chi connectivity index (χ3n) is 4.62. The fraction of sp³-hybridized carbons (Fsp3) is 0.850.